The molecule has 4 rings (SSSR count). The van der Waals surface area contributed by atoms with E-state index < -0.39 is 11.3 Å². The quantitative estimate of drug-likeness (QED) is 0.288. The number of hydrogen-bond donors (Lipinski definition) is 5. The van der Waals surface area contributed by atoms with Crippen molar-refractivity contribution in [3.63, 3.8) is 0 Å². The summed E-state index contributed by atoms with van der Waals surface area (Å²) in [6.07, 6.45) is 2.41. The van der Waals surface area contributed by atoms with E-state index in [0.717, 1.165) is 41.8 Å². The maximum absolute atomic E-state index is 11.7. The van der Waals surface area contributed by atoms with E-state index in [0.29, 0.717) is 6.54 Å². The molecule has 1 amide bonds. The van der Waals surface area contributed by atoms with Crippen molar-refractivity contribution in [3.05, 3.63) is 93.2 Å². The molecule has 0 aliphatic carbocycles. The number of aromatic nitrogens is 2. The van der Waals surface area contributed by atoms with Crippen molar-refractivity contribution in [1.29, 1.82) is 0 Å². The summed E-state index contributed by atoms with van der Waals surface area (Å²) < 4.78 is 0. The third-order valence-corrected chi connectivity index (χ3v) is 6.56. The van der Waals surface area contributed by atoms with E-state index >= 15 is 0 Å². The number of nitrogens with zero attached hydrogens (tertiary/aromatic N) is 2. The largest absolute Gasteiger partial charge is 0.502 e. The summed E-state index contributed by atoms with van der Waals surface area (Å²) in [6, 6.07) is 15.9. The number of carbonyl (C=O) groups excluding carboxylic acids is 1. The second-order valence-corrected chi connectivity index (χ2v) is 9.09. The fourth-order valence-corrected chi connectivity index (χ4v) is 4.33. The van der Waals surface area contributed by atoms with Gasteiger partial charge in [-0.2, -0.15) is 0 Å². The van der Waals surface area contributed by atoms with Crippen LogP contribution in [-0.4, -0.2) is 63.3 Å². The number of amides is 1. The number of H-pyrrole nitrogens is 1. The molecule has 1 fully saturated rings. The molecule has 0 saturated carbocycles. The highest BCUT2D eigenvalue weighted by Gasteiger charge is 2.24. The first-order chi connectivity index (χ1) is 18.0. The predicted octanol–water partition coefficient (Wildman–Crippen LogP) is 0.843. The molecule has 9 nitrogen and oxygen atoms in total. The van der Waals surface area contributed by atoms with Crippen molar-refractivity contribution >= 4 is 5.91 Å². The minimum atomic E-state index is -0.599. The van der Waals surface area contributed by atoms with Crippen LogP contribution in [0.25, 0.3) is 0 Å². The molecule has 1 aliphatic heterocycles. The van der Waals surface area contributed by atoms with E-state index in [-0.39, 0.29) is 43.1 Å². The van der Waals surface area contributed by atoms with Crippen molar-refractivity contribution in [2.45, 2.75) is 31.3 Å². The number of aromatic amines is 1. The molecule has 1 aromatic heterocycles. The van der Waals surface area contributed by atoms with Gasteiger partial charge in [0.1, 0.15) is 0 Å². The number of hydrogen-bond acceptors (Lipinski definition) is 7. The minimum absolute atomic E-state index is 0.00217. The summed E-state index contributed by atoms with van der Waals surface area (Å²) in [5.74, 6) is 5.59. The molecule has 6 N–H and O–H groups in total. The lowest BCUT2D eigenvalue weighted by Crippen LogP contribution is -2.37. The van der Waals surface area contributed by atoms with Crippen molar-refractivity contribution in [3.8, 4) is 17.6 Å². The Kier molecular flexibility index (Phi) is 8.69. The fraction of sp³-hybridized carbons (Fsp3) is 0.321. The maximum Gasteiger partial charge on any atom is 0.293 e. The van der Waals surface area contributed by atoms with E-state index in [4.69, 9.17) is 5.73 Å². The number of aliphatic hydroxyl groups excluding tert-OH is 1. The standard InChI is InChI=1S/C28H31N5O4/c29-14-26(35)33-12-11-24(16-33)30-15-21-5-3-19(4-6-21)1-2-20-7-9-22(10-8-20)23(17-34)13-25-27(36)28(37)32-18-31-25/h3-10,18,23-24,30,34,36H,11-17,29H2,(H,31,32,37). The monoisotopic (exact) mass is 501 g/mol. The van der Waals surface area contributed by atoms with Gasteiger partial charge in [0, 0.05) is 49.1 Å². The van der Waals surface area contributed by atoms with Gasteiger partial charge in [0.2, 0.25) is 11.7 Å². The van der Waals surface area contributed by atoms with Crippen LogP contribution >= 0.6 is 0 Å². The smallest absolute Gasteiger partial charge is 0.293 e. The number of likely N-dealkylation sites (tertiary alicyclic amines) is 1. The molecule has 0 spiro atoms. The molecule has 1 aliphatic rings. The second-order valence-electron chi connectivity index (χ2n) is 9.09. The van der Waals surface area contributed by atoms with Crippen LogP contribution < -0.4 is 16.6 Å². The zero-order chi connectivity index (χ0) is 26.2. The summed E-state index contributed by atoms with van der Waals surface area (Å²) in [6.45, 7) is 2.08. The average Bonchev–Trinajstić information content (AvgIpc) is 3.41. The van der Waals surface area contributed by atoms with Crippen molar-refractivity contribution < 1.29 is 15.0 Å². The van der Waals surface area contributed by atoms with Crippen molar-refractivity contribution in [2.24, 2.45) is 5.73 Å². The maximum atomic E-state index is 11.7. The van der Waals surface area contributed by atoms with Gasteiger partial charge in [0.25, 0.3) is 5.56 Å². The third-order valence-electron chi connectivity index (χ3n) is 6.56. The van der Waals surface area contributed by atoms with Gasteiger partial charge in [-0.05, 0) is 41.8 Å². The fourth-order valence-electron chi connectivity index (χ4n) is 4.33. The molecule has 9 heteroatoms. The molecular formula is C28H31N5O4. The summed E-state index contributed by atoms with van der Waals surface area (Å²) in [5.41, 5.74) is 8.84. The van der Waals surface area contributed by atoms with Crippen LogP contribution in [0.15, 0.2) is 59.7 Å². The van der Waals surface area contributed by atoms with Gasteiger partial charge in [-0.25, -0.2) is 4.98 Å². The molecular weight excluding hydrogens is 470 g/mol. The zero-order valence-corrected chi connectivity index (χ0v) is 20.5. The number of rotatable bonds is 8. The lowest BCUT2D eigenvalue weighted by molar-refractivity contribution is -0.128. The van der Waals surface area contributed by atoms with Crippen LogP contribution in [0.1, 0.15) is 40.3 Å². The highest BCUT2D eigenvalue weighted by molar-refractivity contribution is 5.78. The first-order valence-electron chi connectivity index (χ1n) is 12.3. The molecule has 2 unspecified atom stereocenters. The SMILES string of the molecule is NCC(=O)N1CCC(NCc2ccc(C#Cc3ccc(C(CO)Cc4nc[nH]c(=O)c4O)cc3)cc2)C1. The molecule has 2 heterocycles. The Morgan fingerprint density at radius 3 is 2.49 bits per heavy atom. The Labute approximate surface area is 215 Å². The van der Waals surface area contributed by atoms with Crippen LogP contribution in [0, 0.1) is 11.8 Å². The van der Waals surface area contributed by atoms with E-state index in [2.05, 4.69) is 27.1 Å². The van der Waals surface area contributed by atoms with Gasteiger partial charge < -0.3 is 31.1 Å². The van der Waals surface area contributed by atoms with Crippen LogP contribution in [0.5, 0.6) is 5.75 Å². The Bertz CT molecular complexity index is 1330. The lowest BCUT2D eigenvalue weighted by Gasteiger charge is -2.16. The number of aromatic hydroxyl groups is 1. The number of aliphatic hydroxyl groups is 1. The van der Waals surface area contributed by atoms with Crippen molar-refractivity contribution in [2.75, 3.05) is 26.2 Å². The highest BCUT2D eigenvalue weighted by Crippen LogP contribution is 2.22. The van der Waals surface area contributed by atoms with Gasteiger partial charge in [-0.3, -0.25) is 9.59 Å². The lowest BCUT2D eigenvalue weighted by atomic mass is 9.94. The number of carbonyl (C=O) groups is 1. The highest BCUT2D eigenvalue weighted by atomic mass is 16.3. The Balaban J connectivity index is 1.32. The second kappa shape index (κ2) is 12.3. The average molecular weight is 502 g/mol. The van der Waals surface area contributed by atoms with Gasteiger partial charge in [-0.15, -0.1) is 0 Å². The van der Waals surface area contributed by atoms with Crippen LogP contribution in [0.4, 0.5) is 0 Å². The minimum Gasteiger partial charge on any atom is -0.502 e. The van der Waals surface area contributed by atoms with E-state index in [9.17, 15) is 19.8 Å². The number of nitrogens with two attached hydrogens (primary N) is 1. The van der Waals surface area contributed by atoms with Gasteiger partial charge in [0.15, 0.2) is 0 Å². The van der Waals surface area contributed by atoms with Crippen LogP contribution in [0.2, 0.25) is 0 Å². The molecule has 2 aromatic carbocycles. The Morgan fingerprint density at radius 2 is 1.84 bits per heavy atom. The zero-order valence-electron chi connectivity index (χ0n) is 20.5. The summed E-state index contributed by atoms with van der Waals surface area (Å²) in [4.78, 5) is 31.4. The number of benzene rings is 2. The molecule has 3 aromatic rings. The van der Waals surface area contributed by atoms with E-state index in [1.54, 1.807) is 4.90 Å². The first-order valence-corrected chi connectivity index (χ1v) is 12.3. The van der Waals surface area contributed by atoms with Crippen LogP contribution in [0.3, 0.4) is 0 Å². The topological polar surface area (TPSA) is 145 Å². The third kappa shape index (κ3) is 6.83. The summed E-state index contributed by atoms with van der Waals surface area (Å²) >= 11 is 0. The first kappa shape index (κ1) is 26.1. The van der Waals surface area contributed by atoms with Gasteiger partial charge in [-0.1, -0.05) is 36.1 Å². The normalized spacial score (nSPS) is 15.7. The Hall–Kier alpha value is -3.97. The molecule has 192 valence electrons. The van der Waals surface area contributed by atoms with Gasteiger partial charge >= 0.3 is 0 Å². The van der Waals surface area contributed by atoms with E-state index in [1.807, 2.05) is 48.5 Å². The summed E-state index contributed by atoms with van der Waals surface area (Å²) in [5, 5.41) is 23.3. The van der Waals surface area contributed by atoms with Gasteiger partial charge in [0.05, 0.1) is 25.2 Å². The molecule has 37 heavy (non-hydrogen) atoms. The number of nitrogens with one attached hydrogen (secondary N) is 2. The molecule has 0 bridgehead atoms. The summed E-state index contributed by atoms with van der Waals surface area (Å²) in [7, 11) is 0. The molecule has 1 saturated heterocycles. The molecule has 0 radical (unpaired) electrons. The van der Waals surface area contributed by atoms with Crippen LogP contribution in [-0.2, 0) is 17.8 Å². The molecule has 2 atom stereocenters. The van der Waals surface area contributed by atoms with Crippen molar-refractivity contribution in [1.82, 2.24) is 20.2 Å². The predicted molar refractivity (Wildman–Crippen MR) is 140 cm³/mol. The Morgan fingerprint density at radius 1 is 1.16 bits per heavy atom. The van der Waals surface area contributed by atoms with E-state index in [1.165, 1.54) is 6.33 Å².